The Kier molecular flexibility index (Phi) is 2.34. The summed E-state index contributed by atoms with van der Waals surface area (Å²) in [6.45, 7) is 6.14. The normalized spacial score (nSPS) is 19.9. The van der Waals surface area contributed by atoms with Crippen molar-refractivity contribution in [1.82, 2.24) is 10.2 Å². The second kappa shape index (κ2) is 3.09. The van der Waals surface area contributed by atoms with Gasteiger partial charge in [-0.1, -0.05) is 0 Å². The molecule has 0 aromatic heterocycles. The monoisotopic (exact) mass is 157 g/mol. The van der Waals surface area contributed by atoms with Crippen molar-refractivity contribution in [2.75, 3.05) is 13.1 Å². The zero-order valence-electron chi connectivity index (χ0n) is 7.00. The first-order valence-corrected chi connectivity index (χ1v) is 3.89. The molecule has 64 valence electrons. The predicted molar refractivity (Wildman–Crippen MR) is 43.2 cm³/mol. The number of carbonyl (C=O) groups is 1. The summed E-state index contributed by atoms with van der Waals surface area (Å²) in [5.41, 5.74) is 4.96. The fraction of sp³-hybridized carbons (Fsp3) is 0.857. The van der Waals surface area contributed by atoms with Gasteiger partial charge in [-0.05, 0) is 13.8 Å². The van der Waals surface area contributed by atoms with Crippen molar-refractivity contribution in [1.29, 1.82) is 0 Å². The standard InChI is InChI=1S/C7H15N3O/c1-5(2)10-3-6(4-10)9-7(8)11/h5-6H,3-4H2,1-2H3,(H3,8,9,11). The Morgan fingerprint density at radius 2 is 2.18 bits per heavy atom. The highest BCUT2D eigenvalue weighted by atomic mass is 16.2. The van der Waals surface area contributed by atoms with Crippen molar-refractivity contribution in [2.24, 2.45) is 5.73 Å². The molecule has 1 aliphatic rings. The second-order valence-corrected chi connectivity index (χ2v) is 3.25. The molecule has 1 aliphatic heterocycles. The molecule has 1 saturated heterocycles. The van der Waals surface area contributed by atoms with Crippen molar-refractivity contribution in [3.8, 4) is 0 Å². The van der Waals surface area contributed by atoms with Crippen LogP contribution in [0.5, 0.6) is 0 Å². The van der Waals surface area contributed by atoms with Gasteiger partial charge >= 0.3 is 6.03 Å². The molecular formula is C7H15N3O. The van der Waals surface area contributed by atoms with Gasteiger partial charge in [0.05, 0.1) is 6.04 Å². The highest BCUT2D eigenvalue weighted by Crippen LogP contribution is 2.10. The van der Waals surface area contributed by atoms with Crippen LogP contribution in [-0.2, 0) is 0 Å². The summed E-state index contributed by atoms with van der Waals surface area (Å²) in [5.74, 6) is 0. The molecule has 1 fully saturated rings. The van der Waals surface area contributed by atoms with E-state index in [1.54, 1.807) is 0 Å². The van der Waals surface area contributed by atoms with E-state index in [0.717, 1.165) is 13.1 Å². The number of hydrogen-bond acceptors (Lipinski definition) is 2. The number of nitrogens with zero attached hydrogens (tertiary/aromatic N) is 1. The Labute approximate surface area is 66.7 Å². The molecule has 1 rings (SSSR count). The van der Waals surface area contributed by atoms with Crippen molar-refractivity contribution >= 4 is 6.03 Å². The summed E-state index contributed by atoms with van der Waals surface area (Å²) in [4.78, 5) is 12.6. The van der Waals surface area contributed by atoms with Gasteiger partial charge in [-0.15, -0.1) is 0 Å². The Bertz CT molecular complexity index is 152. The summed E-state index contributed by atoms with van der Waals surface area (Å²) in [6, 6.07) is 0.425. The zero-order chi connectivity index (χ0) is 8.43. The van der Waals surface area contributed by atoms with E-state index in [1.165, 1.54) is 0 Å². The van der Waals surface area contributed by atoms with Crippen molar-refractivity contribution in [3.63, 3.8) is 0 Å². The molecule has 0 bridgehead atoms. The van der Waals surface area contributed by atoms with Gasteiger partial charge in [-0.25, -0.2) is 4.79 Å². The van der Waals surface area contributed by atoms with Gasteiger partial charge in [0.1, 0.15) is 0 Å². The minimum absolute atomic E-state index is 0.273. The smallest absolute Gasteiger partial charge is 0.312 e. The van der Waals surface area contributed by atoms with E-state index in [1.807, 2.05) is 0 Å². The number of nitrogens with one attached hydrogen (secondary N) is 1. The number of nitrogens with two attached hydrogens (primary N) is 1. The van der Waals surface area contributed by atoms with E-state index in [0.29, 0.717) is 6.04 Å². The fourth-order valence-electron chi connectivity index (χ4n) is 1.23. The van der Waals surface area contributed by atoms with Crippen LogP contribution < -0.4 is 11.1 Å². The Balaban J connectivity index is 2.14. The SMILES string of the molecule is CC(C)N1CC(NC(N)=O)C1. The van der Waals surface area contributed by atoms with Crippen LogP contribution in [0.25, 0.3) is 0 Å². The molecular weight excluding hydrogens is 142 g/mol. The third-order valence-corrected chi connectivity index (χ3v) is 1.99. The number of rotatable bonds is 2. The van der Waals surface area contributed by atoms with Crippen LogP contribution in [0.2, 0.25) is 0 Å². The average Bonchev–Trinajstić information content (AvgIpc) is 1.75. The lowest BCUT2D eigenvalue weighted by atomic mass is 10.1. The quantitative estimate of drug-likeness (QED) is 0.580. The highest BCUT2D eigenvalue weighted by molar-refractivity contribution is 5.72. The van der Waals surface area contributed by atoms with E-state index >= 15 is 0 Å². The van der Waals surface area contributed by atoms with Gasteiger partial charge < -0.3 is 11.1 Å². The summed E-state index contributed by atoms with van der Waals surface area (Å²) in [7, 11) is 0. The Hall–Kier alpha value is -0.770. The fourth-order valence-corrected chi connectivity index (χ4v) is 1.23. The van der Waals surface area contributed by atoms with Crippen LogP contribution in [0, 0.1) is 0 Å². The molecule has 0 aliphatic carbocycles. The number of amides is 2. The molecule has 2 amide bonds. The van der Waals surface area contributed by atoms with Crippen LogP contribution in [0.1, 0.15) is 13.8 Å². The molecule has 0 aromatic carbocycles. The molecule has 11 heavy (non-hydrogen) atoms. The first-order valence-electron chi connectivity index (χ1n) is 3.89. The maximum Gasteiger partial charge on any atom is 0.312 e. The minimum Gasteiger partial charge on any atom is -0.352 e. The Morgan fingerprint density at radius 1 is 1.64 bits per heavy atom. The van der Waals surface area contributed by atoms with Gasteiger partial charge in [0.15, 0.2) is 0 Å². The van der Waals surface area contributed by atoms with Crippen molar-refractivity contribution in [2.45, 2.75) is 25.9 Å². The van der Waals surface area contributed by atoms with Crippen LogP contribution in [-0.4, -0.2) is 36.1 Å². The van der Waals surface area contributed by atoms with E-state index in [-0.39, 0.29) is 6.04 Å². The summed E-state index contributed by atoms with van der Waals surface area (Å²) in [5, 5.41) is 2.66. The zero-order valence-corrected chi connectivity index (χ0v) is 7.00. The summed E-state index contributed by atoms with van der Waals surface area (Å²) >= 11 is 0. The lowest BCUT2D eigenvalue weighted by Gasteiger charge is -2.41. The highest BCUT2D eigenvalue weighted by Gasteiger charge is 2.28. The number of urea groups is 1. The second-order valence-electron chi connectivity index (χ2n) is 3.25. The molecule has 0 unspecified atom stereocenters. The Morgan fingerprint density at radius 3 is 2.55 bits per heavy atom. The van der Waals surface area contributed by atoms with E-state index in [4.69, 9.17) is 5.73 Å². The lowest BCUT2D eigenvalue weighted by molar-refractivity contribution is 0.0971. The molecule has 1 heterocycles. The molecule has 3 N–H and O–H groups in total. The predicted octanol–water partition coefficient (Wildman–Crippen LogP) is -0.253. The molecule has 0 aromatic rings. The lowest BCUT2D eigenvalue weighted by Crippen LogP contribution is -2.61. The first kappa shape index (κ1) is 8.33. The topological polar surface area (TPSA) is 58.4 Å². The maximum absolute atomic E-state index is 10.4. The van der Waals surface area contributed by atoms with Crippen LogP contribution in [0.4, 0.5) is 4.79 Å². The largest absolute Gasteiger partial charge is 0.352 e. The average molecular weight is 157 g/mol. The molecule has 0 atom stereocenters. The molecule has 4 nitrogen and oxygen atoms in total. The number of carbonyl (C=O) groups excluding carboxylic acids is 1. The minimum atomic E-state index is -0.418. The molecule has 0 saturated carbocycles. The number of hydrogen-bond donors (Lipinski definition) is 2. The molecule has 0 spiro atoms. The van der Waals surface area contributed by atoms with Crippen molar-refractivity contribution in [3.05, 3.63) is 0 Å². The summed E-state index contributed by atoms with van der Waals surface area (Å²) in [6.07, 6.45) is 0. The summed E-state index contributed by atoms with van der Waals surface area (Å²) < 4.78 is 0. The van der Waals surface area contributed by atoms with Crippen molar-refractivity contribution < 1.29 is 4.79 Å². The van der Waals surface area contributed by atoms with Gasteiger partial charge in [-0.2, -0.15) is 0 Å². The third-order valence-electron chi connectivity index (χ3n) is 1.99. The molecule has 4 heteroatoms. The van der Waals surface area contributed by atoms with E-state index < -0.39 is 6.03 Å². The van der Waals surface area contributed by atoms with Crippen LogP contribution >= 0.6 is 0 Å². The molecule has 0 radical (unpaired) electrons. The van der Waals surface area contributed by atoms with Gasteiger partial charge in [0, 0.05) is 19.1 Å². The van der Waals surface area contributed by atoms with E-state index in [2.05, 4.69) is 24.1 Å². The van der Waals surface area contributed by atoms with Gasteiger partial charge in [-0.3, -0.25) is 4.90 Å². The van der Waals surface area contributed by atoms with Gasteiger partial charge in [0.25, 0.3) is 0 Å². The number of likely N-dealkylation sites (tertiary alicyclic amines) is 1. The first-order chi connectivity index (χ1) is 5.09. The van der Waals surface area contributed by atoms with Crippen LogP contribution in [0.15, 0.2) is 0 Å². The number of primary amides is 1. The maximum atomic E-state index is 10.4. The van der Waals surface area contributed by atoms with Gasteiger partial charge in [0.2, 0.25) is 0 Å². The third kappa shape index (κ3) is 2.08. The van der Waals surface area contributed by atoms with E-state index in [9.17, 15) is 4.79 Å². The van der Waals surface area contributed by atoms with Crippen LogP contribution in [0.3, 0.4) is 0 Å².